The lowest BCUT2D eigenvalue weighted by molar-refractivity contribution is 0.601. The third-order valence-corrected chi connectivity index (χ3v) is 5.23. The Hall–Kier alpha value is -1.55. The SMILES string of the molecule is N#Cc1cccc(S(=O)(=O)Nc2cccc(Cl)c2Br)c1. The highest BCUT2D eigenvalue weighted by Gasteiger charge is 2.16. The van der Waals surface area contributed by atoms with E-state index in [9.17, 15) is 8.42 Å². The Kier molecular flexibility index (Phi) is 4.33. The molecule has 20 heavy (non-hydrogen) atoms. The fourth-order valence-corrected chi connectivity index (χ4v) is 3.31. The summed E-state index contributed by atoms with van der Waals surface area (Å²) < 4.78 is 27.4. The molecule has 0 aromatic heterocycles. The fourth-order valence-electron chi connectivity index (χ4n) is 1.52. The van der Waals surface area contributed by atoms with Gasteiger partial charge in [0.25, 0.3) is 10.0 Å². The van der Waals surface area contributed by atoms with Gasteiger partial charge in [0.15, 0.2) is 0 Å². The summed E-state index contributed by atoms with van der Waals surface area (Å²) in [5.74, 6) is 0. The average Bonchev–Trinajstić information content (AvgIpc) is 2.44. The van der Waals surface area contributed by atoms with Gasteiger partial charge in [0.2, 0.25) is 0 Å². The van der Waals surface area contributed by atoms with Gasteiger partial charge in [-0.25, -0.2) is 8.42 Å². The van der Waals surface area contributed by atoms with Crippen molar-refractivity contribution < 1.29 is 8.42 Å². The summed E-state index contributed by atoms with van der Waals surface area (Å²) in [5.41, 5.74) is 0.609. The van der Waals surface area contributed by atoms with Crippen LogP contribution in [0.3, 0.4) is 0 Å². The Balaban J connectivity index is 2.41. The lowest BCUT2D eigenvalue weighted by Gasteiger charge is -2.10. The van der Waals surface area contributed by atoms with Gasteiger partial charge >= 0.3 is 0 Å². The lowest BCUT2D eigenvalue weighted by Crippen LogP contribution is -2.13. The van der Waals surface area contributed by atoms with Crippen molar-refractivity contribution in [3.63, 3.8) is 0 Å². The molecule has 102 valence electrons. The van der Waals surface area contributed by atoms with E-state index in [1.54, 1.807) is 18.2 Å². The van der Waals surface area contributed by atoms with Crippen LogP contribution in [0.5, 0.6) is 0 Å². The Bertz CT molecular complexity index is 800. The summed E-state index contributed by atoms with van der Waals surface area (Å²) in [7, 11) is -3.77. The summed E-state index contributed by atoms with van der Waals surface area (Å²) >= 11 is 9.13. The second kappa shape index (κ2) is 5.83. The van der Waals surface area contributed by atoms with Crippen LogP contribution in [0.2, 0.25) is 5.02 Å². The van der Waals surface area contributed by atoms with Gasteiger partial charge in [-0.15, -0.1) is 0 Å². The van der Waals surface area contributed by atoms with Gasteiger partial charge in [-0.05, 0) is 46.3 Å². The molecule has 0 aliphatic rings. The van der Waals surface area contributed by atoms with Gasteiger partial charge in [-0.3, -0.25) is 4.72 Å². The minimum absolute atomic E-state index is 0.0171. The van der Waals surface area contributed by atoms with E-state index in [-0.39, 0.29) is 10.5 Å². The van der Waals surface area contributed by atoms with E-state index < -0.39 is 10.0 Å². The van der Waals surface area contributed by atoms with Gasteiger partial charge in [-0.2, -0.15) is 5.26 Å². The lowest BCUT2D eigenvalue weighted by atomic mass is 10.2. The third-order valence-electron chi connectivity index (χ3n) is 2.47. The number of sulfonamides is 1. The molecule has 0 aliphatic heterocycles. The Morgan fingerprint density at radius 3 is 2.60 bits per heavy atom. The van der Waals surface area contributed by atoms with Gasteiger partial charge in [0, 0.05) is 0 Å². The van der Waals surface area contributed by atoms with Crippen molar-refractivity contribution in [1.82, 2.24) is 0 Å². The van der Waals surface area contributed by atoms with Gasteiger partial charge < -0.3 is 0 Å². The molecule has 4 nitrogen and oxygen atoms in total. The van der Waals surface area contributed by atoms with E-state index >= 15 is 0 Å². The van der Waals surface area contributed by atoms with E-state index in [2.05, 4.69) is 20.7 Å². The molecule has 2 rings (SSSR count). The molecule has 0 heterocycles. The standard InChI is InChI=1S/C13H8BrClN2O2S/c14-13-11(15)5-2-6-12(13)17-20(18,19)10-4-1-3-9(7-10)8-16/h1-7,17H. The number of halogens is 2. The fraction of sp³-hybridized carbons (Fsp3) is 0. The highest BCUT2D eigenvalue weighted by molar-refractivity contribution is 9.10. The van der Waals surface area contributed by atoms with E-state index in [4.69, 9.17) is 16.9 Å². The summed E-state index contributed by atoms with van der Waals surface area (Å²) in [5, 5.41) is 9.21. The zero-order valence-electron chi connectivity index (χ0n) is 9.97. The maximum atomic E-state index is 12.2. The minimum Gasteiger partial charge on any atom is -0.278 e. The molecule has 0 amide bonds. The van der Waals surface area contributed by atoms with Crippen molar-refractivity contribution >= 4 is 43.2 Å². The number of hydrogen-bond donors (Lipinski definition) is 1. The number of rotatable bonds is 3. The van der Waals surface area contributed by atoms with Crippen LogP contribution in [-0.4, -0.2) is 8.42 Å². The van der Waals surface area contributed by atoms with Crippen LogP contribution < -0.4 is 4.72 Å². The van der Waals surface area contributed by atoms with Crippen molar-refractivity contribution in [2.24, 2.45) is 0 Å². The smallest absolute Gasteiger partial charge is 0.261 e. The molecule has 0 saturated carbocycles. The zero-order valence-corrected chi connectivity index (χ0v) is 13.1. The first-order valence-electron chi connectivity index (χ1n) is 5.41. The van der Waals surface area contributed by atoms with Crippen LogP contribution in [-0.2, 0) is 10.0 Å². The second-order valence-corrected chi connectivity index (χ2v) is 6.73. The molecule has 1 N–H and O–H groups in total. The van der Waals surface area contributed by atoms with Crippen molar-refractivity contribution in [1.29, 1.82) is 5.26 Å². The molecule has 0 radical (unpaired) electrons. The molecule has 0 saturated heterocycles. The number of nitriles is 1. The topological polar surface area (TPSA) is 70.0 Å². The number of anilines is 1. The minimum atomic E-state index is -3.77. The molecule has 0 bridgehead atoms. The van der Waals surface area contributed by atoms with E-state index in [1.165, 1.54) is 24.3 Å². The average molecular weight is 372 g/mol. The Morgan fingerprint density at radius 2 is 1.90 bits per heavy atom. The van der Waals surface area contributed by atoms with Crippen molar-refractivity contribution in [2.75, 3.05) is 4.72 Å². The molecule has 0 fully saturated rings. The van der Waals surface area contributed by atoms with Crippen LogP contribution in [0.4, 0.5) is 5.69 Å². The molecule has 7 heteroatoms. The van der Waals surface area contributed by atoms with E-state index in [0.29, 0.717) is 15.2 Å². The van der Waals surface area contributed by atoms with Crippen LogP contribution >= 0.6 is 27.5 Å². The number of benzene rings is 2. The monoisotopic (exact) mass is 370 g/mol. The van der Waals surface area contributed by atoms with Crippen LogP contribution in [0, 0.1) is 11.3 Å². The Labute approximate surface area is 130 Å². The molecule has 0 unspecified atom stereocenters. The number of nitrogens with one attached hydrogen (secondary N) is 1. The molecule has 2 aromatic rings. The third kappa shape index (κ3) is 3.12. The predicted molar refractivity (Wildman–Crippen MR) is 81.1 cm³/mol. The molecule has 0 spiro atoms. The molecular weight excluding hydrogens is 364 g/mol. The van der Waals surface area contributed by atoms with E-state index in [1.807, 2.05) is 6.07 Å². The molecule has 0 aliphatic carbocycles. The van der Waals surface area contributed by atoms with Crippen molar-refractivity contribution in [3.8, 4) is 6.07 Å². The normalized spacial score (nSPS) is 10.8. The maximum absolute atomic E-state index is 12.2. The highest BCUT2D eigenvalue weighted by atomic mass is 79.9. The van der Waals surface area contributed by atoms with Gasteiger partial charge in [0.05, 0.1) is 31.7 Å². The number of nitrogens with zero attached hydrogens (tertiary/aromatic N) is 1. The number of hydrogen-bond acceptors (Lipinski definition) is 3. The van der Waals surface area contributed by atoms with Crippen LogP contribution in [0.25, 0.3) is 0 Å². The maximum Gasteiger partial charge on any atom is 0.261 e. The summed E-state index contributed by atoms with van der Waals surface area (Å²) in [4.78, 5) is 0.0171. The second-order valence-electron chi connectivity index (χ2n) is 3.85. The largest absolute Gasteiger partial charge is 0.278 e. The quantitative estimate of drug-likeness (QED) is 0.892. The summed E-state index contributed by atoms with van der Waals surface area (Å²) in [6, 6.07) is 12.5. The predicted octanol–water partition coefficient (Wildman–Crippen LogP) is 3.77. The van der Waals surface area contributed by atoms with E-state index in [0.717, 1.165) is 0 Å². The molecular formula is C13H8BrClN2O2S. The first-order valence-corrected chi connectivity index (χ1v) is 8.06. The Morgan fingerprint density at radius 1 is 1.20 bits per heavy atom. The van der Waals surface area contributed by atoms with Crippen LogP contribution in [0.15, 0.2) is 51.8 Å². The summed E-state index contributed by atoms with van der Waals surface area (Å²) in [6.07, 6.45) is 0. The molecule has 2 aromatic carbocycles. The highest BCUT2D eigenvalue weighted by Crippen LogP contribution is 2.31. The summed E-state index contributed by atoms with van der Waals surface area (Å²) in [6.45, 7) is 0. The van der Waals surface area contributed by atoms with Crippen molar-refractivity contribution in [3.05, 3.63) is 57.5 Å². The first kappa shape index (κ1) is 14.9. The van der Waals surface area contributed by atoms with Crippen molar-refractivity contribution in [2.45, 2.75) is 4.90 Å². The molecule has 0 atom stereocenters. The van der Waals surface area contributed by atoms with Crippen LogP contribution in [0.1, 0.15) is 5.56 Å². The first-order chi connectivity index (χ1) is 9.44. The zero-order chi connectivity index (χ0) is 14.8. The van der Waals surface area contributed by atoms with Gasteiger partial charge in [0.1, 0.15) is 0 Å². The van der Waals surface area contributed by atoms with Gasteiger partial charge in [-0.1, -0.05) is 23.7 Å².